The van der Waals surface area contributed by atoms with Crippen molar-refractivity contribution in [3.8, 4) is 0 Å². The Balaban J connectivity index is 1.70. The van der Waals surface area contributed by atoms with Gasteiger partial charge in [0.25, 0.3) is 0 Å². The van der Waals surface area contributed by atoms with Crippen LogP contribution in [0.3, 0.4) is 0 Å². The van der Waals surface area contributed by atoms with Crippen LogP contribution in [0.5, 0.6) is 0 Å². The van der Waals surface area contributed by atoms with E-state index in [0.29, 0.717) is 0 Å². The van der Waals surface area contributed by atoms with E-state index in [0.717, 1.165) is 36.9 Å². The lowest BCUT2D eigenvalue weighted by molar-refractivity contribution is 0.570. The predicted octanol–water partition coefficient (Wildman–Crippen LogP) is 3.16. The Bertz CT molecular complexity index is 667. The van der Waals surface area contributed by atoms with Gasteiger partial charge in [0, 0.05) is 54.8 Å². The van der Waals surface area contributed by atoms with Gasteiger partial charge < -0.3 is 10.6 Å². The lowest BCUT2D eigenvalue weighted by Gasteiger charge is -2.14. The fourth-order valence-corrected chi connectivity index (χ4v) is 3.89. The zero-order valence-electron chi connectivity index (χ0n) is 15.1. The van der Waals surface area contributed by atoms with Gasteiger partial charge in [-0.25, -0.2) is 9.97 Å². The zero-order chi connectivity index (χ0) is 17.6. The molecule has 2 aromatic heterocycles. The summed E-state index contributed by atoms with van der Waals surface area (Å²) in [6.45, 7) is 10.3. The number of nitrogens with one attached hydrogen (secondary N) is 2. The molecule has 2 aromatic rings. The van der Waals surface area contributed by atoms with Crippen molar-refractivity contribution in [2.24, 2.45) is 4.99 Å². The van der Waals surface area contributed by atoms with Gasteiger partial charge in [0.1, 0.15) is 0 Å². The lowest BCUT2D eigenvalue weighted by Crippen LogP contribution is -2.39. The van der Waals surface area contributed by atoms with Crippen molar-refractivity contribution in [1.29, 1.82) is 0 Å². The van der Waals surface area contributed by atoms with E-state index < -0.39 is 0 Å². The maximum atomic E-state index is 4.72. The highest BCUT2D eigenvalue weighted by atomic mass is 32.1. The Morgan fingerprint density at radius 2 is 1.83 bits per heavy atom. The molecule has 0 saturated carbocycles. The Hall–Kier alpha value is -1.47. The van der Waals surface area contributed by atoms with Crippen LogP contribution in [-0.4, -0.2) is 36.1 Å². The SMILES string of the molecule is CN=C(NCCc1nc(C(C)(C)C)cs1)NCCc1ncc(C)s1. The Morgan fingerprint density at radius 3 is 2.33 bits per heavy atom. The van der Waals surface area contributed by atoms with Crippen molar-refractivity contribution in [3.63, 3.8) is 0 Å². The molecule has 24 heavy (non-hydrogen) atoms. The third-order valence-corrected chi connectivity index (χ3v) is 5.36. The zero-order valence-corrected chi connectivity index (χ0v) is 16.8. The average molecular weight is 366 g/mol. The average Bonchev–Trinajstić information content (AvgIpc) is 3.14. The van der Waals surface area contributed by atoms with Gasteiger partial charge in [-0.1, -0.05) is 20.8 Å². The molecule has 0 amide bonds. The molecule has 132 valence electrons. The van der Waals surface area contributed by atoms with Gasteiger partial charge >= 0.3 is 0 Å². The van der Waals surface area contributed by atoms with E-state index in [1.54, 1.807) is 29.7 Å². The minimum Gasteiger partial charge on any atom is -0.356 e. The van der Waals surface area contributed by atoms with Crippen LogP contribution >= 0.6 is 22.7 Å². The standard InChI is InChI=1S/C17H27N5S2/c1-12-10-21-14(24-12)6-8-19-16(18-5)20-9-7-15-22-13(11-23-15)17(2,3)4/h10-11H,6-9H2,1-5H3,(H2,18,19,20). The van der Waals surface area contributed by atoms with Crippen LogP contribution in [0.15, 0.2) is 16.6 Å². The largest absolute Gasteiger partial charge is 0.356 e. The smallest absolute Gasteiger partial charge is 0.191 e. The number of hydrogen-bond acceptors (Lipinski definition) is 5. The summed E-state index contributed by atoms with van der Waals surface area (Å²) in [5.74, 6) is 0.830. The second kappa shape index (κ2) is 8.58. The molecule has 5 nitrogen and oxygen atoms in total. The number of aryl methyl sites for hydroxylation is 1. The summed E-state index contributed by atoms with van der Waals surface area (Å²) in [4.78, 5) is 14.6. The van der Waals surface area contributed by atoms with Crippen LogP contribution in [0.25, 0.3) is 0 Å². The maximum Gasteiger partial charge on any atom is 0.191 e. The van der Waals surface area contributed by atoms with Gasteiger partial charge in [0.05, 0.1) is 15.7 Å². The van der Waals surface area contributed by atoms with E-state index in [-0.39, 0.29) is 5.41 Å². The highest BCUT2D eigenvalue weighted by Crippen LogP contribution is 2.23. The van der Waals surface area contributed by atoms with Gasteiger partial charge in [-0.15, -0.1) is 22.7 Å². The molecule has 0 spiro atoms. The third-order valence-electron chi connectivity index (χ3n) is 3.48. The van der Waals surface area contributed by atoms with Gasteiger partial charge in [-0.05, 0) is 6.92 Å². The molecule has 2 N–H and O–H groups in total. The first-order chi connectivity index (χ1) is 11.4. The summed E-state index contributed by atoms with van der Waals surface area (Å²) < 4.78 is 0. The fraction of sp³-hybridized carbons (Fsp3) is 0.588. The molecule has 0 aliphatic rings. The fourth-order valence-electron chi connectivity index (χ4n) is 2.08. The van der Waals surface area contributed by atoms with E-state index in [1.165, 1.54) is 15.6 Å². The van der Waals surface area contributed by atoms with Gasteiger partial charge in [0.2, 0.25) is 0 Å². The van der Waals surface area contributed by atoms with E-state index >= 15 is 0 Å². The van der Waals surface area contributed by atoms with Crippen LogP contribution in [0, 0.1) is 6.92 Å². The summed E-state index contributed by atoms with van der Waals surface area (Å²) in [5.41, 5.74) is 1.29. The van der Waals surface area contributed by atoms with Crippen molar-refractivity contribution in [1.82, 2.24) is 20.6 Å². The summed E-state index contributed by atoms with van der Waals surface area (Å²) in [7, 11) is 1.80. The maximum absolute atomic E-state index is 4.72. The molecule has 7 heteroatoms. The molecule has 0 radical (unpaired) electrons. The van der Waals surface area contributed by atoms with Crippen LogP contribution in [0.4, 0.5) is 0 Å². The van der Waals surface area contributed by atoms with Crippen LogP contribution in [-0.2, 0) is 18.3 Å². The Morgan fingerprint density at radius 1 is 1.17 bits per heavy atom. The quantitative estimate of drug-likeness (QED) is 0.610. The summed E-state index contributed by atoms with van der Waals surface area (Å²) >= 11 is 3.48. The lowest BCUT2D eigenvalue weighted by atomic mass is 9.93. The van der Waals surface area contributed by atoms with Crippen molar-refractivity contribution in [2.75, 3.05) is 20.1 Å². The van der Waals surface area contributed by atoms with Crippen molar-refractivity contribution >= 4 is 28.6 Å². The molecule has 0 saturated heterocycles. The normalized spacial score (nSPS) is 12.5. The third kappa shape index (κ3) is 5.87. The monoisotopic (exact) mass is 365 g/mol. The summed E-state index contributed by atoms with van der Waals surface area (Å²) in [6.07, 6.45) is 3.75. The van der Waals surface area contributed by atoms with Gasteiger partial charge in [-0.2, -0.15) is 0 Å². The minimum atomic E-state index is 0.119. The second-order valence-corrected chi connectivity index (χ2v) is 8.93. The molecule has 2 heterocycles. The van der Waals surface area contributed by atoms with Crippen molar-refractivity contribution in [3.05, 3.63) is 32.2 Å². The first-order valence-corrected chi connectivity index (χ1v) is 9.89. The second-order valence-electron chi connectivity index (χ2n) is 6.67. The number of guanidine groups is 1. The highest BCUT2D eigenvalue weighted by molar-refractivity contribution is 7.11. The van der Waals surface area contributed by atoms with Gasteiger partial charge in [0.15, 0.2) is 5.96 Å². The summed E-state index contributed by atoms with van der Waals surface area (Å²) in [6, 6.07) is 0. The Labute approximate surface area is 152 Å². The van der Waals surface area contributed by atoms with E-state index in [9.17, 15) is 0 Å². The number of aliphatic imine (C=N–C) groups is 1. The molecule has 0 aromatic carbocycles. The molecule has 0 aliphatic heterocycles. The van der Waals surface area contributed by atoms with Crippen molar-refractivity contribution in [2.45, 2.75) is 46.0 Å². The van der Waals surface area contributed by atoms with Crippen molar-refractivity contribution < 1.29 is 0 Å². The molecular weight excluding hydrogens is 338 g/mol. The van der Waals surface area contributed by atoms with Crippen LogP contribution < -0.4 is 10.6 Å². The first kappa shape index (κ1) is 18.9. The summed E-state index contributed by atoms with van der Waals surface area (Å²) in [5, 5.41) is 11.2. The van der Waals surface area contributed by atoms with Gasteiger partial charge in [-0.3, -0.25) is 4.99 Å². The predicted molar refractivity (Wildman–Crippen MR) is 104 cm³/mol. The topological polar surface area (TPSA) is 62.2 Å². The first-order valence-electron chi connectivity index (χ1n) is 8.19. The number of aromatic nitrogens is 2. The van der Waals surface area contributed by atoms with Crippen LogP contribution in [0.1, 0.15) is 41.4 Å². The Kier molecular flexibility index (Phi) is 6.74. The number of hydrogen-bond donors (Lipinski definition) is 2. The number of nitrogens with zero attached hydrogens (tertiary/aromatic N) is 3. The molecule has 2 rings (SSSR count). The molecule has 0 atom stereocenters. The minimum absolute atomic E-state index is 0.119. The molecule has 0 aliphatic carbocycles. The number of thiazole rings is 2. The van der Waals surface area contributed by atoms with E-state index in [1.807, 2.05) is 6.20 Å². The molecule has 0 unspecified atom stereocenters. The number of rotatable bonds is 6. The van der Waals surface area contributed by atoms with E-state index in [4.69, 9.17) is 4.98 Å². The molecule has 0 bridgehead atoms. The van der Waals surface area contributed by atoms with E-state index in [2.05, 4.69) is 53.7 Å². The highest BCUT2D eigenvalue weighted by Gasteiger charge is 2.17. The molecule has 0 fully saturated rings. The molecular formula is C17H27N5S2. The van der Waals surface area contributed by atoms with Crippen LogP contribution in [0.2, 0.25) is 0 Å².